The smallest absolute Gasteiger partial charge is 0.411 e. The first-order chi connectivity index (χ1) is 42.4. The Kier molecular flexibility index (Phi) is 24.8. The summed E-state index contributed by atoms with van der Waals surface area (Å²) in [5.74, 6) is -2.50. The third-order valence-corrected chi connectivity index (χ3v) is 14.9. The van der Waals surface area contributed by atoms with Crippen LogP contribution in [-0.2, 0) is 47.8 Å². The monoisotopic (exact) mass is 1260 g/mol. The van der Waals surface area contributed by atoms with Gasteiger partial charge in [0, 0.05) is 46.9 Å². The maximum atomic E-state index is 13.6. The van der Waals surface area contributed by atoms with Gasteiger partial charge < -0.3 is 44.8 Å². The molecule has 4 aromatic carbocycles. The quantitative estimate of drug-likeness (QED) is 0.0320. The maximum absolute atomic E-state index is 13.6. The minimum atomic E-state index is -1.18. The number of nitrogens with zero attached hydrogens (tertiary/aromatic N) is 4. The van der Waals surface area contributed by atoms with E-state index in [-0.39, 0.29) is 70.2 Å². The van der Waals surface area contributed by atoms with Gasteiger partial charge in [-0.15, -0.1) is 25.6 Å². The molecule has 4 aliphatic carbocycles. The molecular formula is C71H81ClN6O13. The van der Waals surface area contributed by atoms with Gasteiger partial charge in [0.15, 0.2) is 0 Å². The molecule has 3 amide bonds. The van der Waals surface area contributed by atoms with Crippen molar-refractivity contribution < 1.29 is 62.5 Å². The third kappa shape index (κ3) is 17.4. The lowest BCUT2D eigenvalue weighted by atomic mass is 10.1. The largest absolute Gasteiger partial charge is 0.480 e. The summed E-state index contributed by atoms with van der Waals surface area (Å²) >= 11 is 0. The number of fused-ring (bicyclic) bond motifs is 6. The average molecular weight is 1260 g/mol. The van der Waals surface area contributed by atoms with Crippen molar-refractivity contribution >= 4 is 59.8 Å². The Hall–Kier alpha value is -9.61. The number of amides is 3. The SMILES string of the molecule is C.C=C=C=C=C=C=C=C.C=C[C@@H]1C[C@]1(N)C(=O)OCC.C=C[C@@H]1C[C@]1(NC(=O)[C@@H]1C[C@@H](ON=C2c3ccccc3-c3ccccc32)CN1C(=O)OC(C)(C)C)C(=O)OCC.CC(C)(C)OC(=O)N1C[C@H](ON=C2c3ccccc3-c3ccccc32)C[C@H]1C(=O)O.Cl. The Balaban J connectivity index is 0.000000257. The van der Waals surface area contributed by atoms with E-state index in [0.29, 0.717) is 30.9 Å². The molecule has 4 N–H and O–H groups in total. The molecule has 2 heterocycles. The van der Waals surface area contributed by atoms with E-state index >= 15 is 0 Å². The van der Waals surface area contributed by atoms with Gasteiger partial charge in [-0.05, 0) is 127 Å². The van der Waals surface area contributed by atoms with Crippen LogP contribution in [0.5, 0.6) is 0 Å². The molecule has 6 aliphatic rings. The zero-order valence-corrected chi connectivity index (χ0v) is 52.8. The molecule has 2 aliphatic heterocycles. The molecule has 10 rings (SSSR count). The van der Waals surface area contributed by atoms with Crippen LogP contribution < -0.4 is 11.1 Å². The van der Waals surface area contributed by atoms with Gasteiger partial charge in [0.25, 0.3) is 0 Å². The molecule has 91 heavy (non-hydrogen) atoms. The predicted octanol–water partition coefficient (Wildman–Crippen LogP) is 11.6. The van der Waals surface area contributed by atoms with E-state index in [1.807, 2.05) is 97.1 Å². The molecule has 19 nitrogen and oxygen atoms in total. The minimum absolute atomic E-state index is 0. The molecule has 0 bridgehead atoms. The molecule has 20 heteroatoms. The average Bonchev–Trinajstić information content (AvgIpc) is 1.61. The van der Waals surface area contributed by atoms with E-state index in [0.717, 1.165) is 44.5 Å². The topological polar surface area (TPSA) is 247 Å². The van der Waals surface area contributed by atoms with Crippen LogP contribution >= 0.6 is 12.4 Å². The van der Waals surface area contributed by atoms with Crippen molar-refractivity contribution in [3.63, 3.8) is 0 Å². The summed E-state index contributed by atoms with van der Waals surface area (Å²) in [4.78, 5) is 89.1. The number of ether oxygens (including phenoxy) is 4. The summed E-state index contributed by atoms with van der Waals surface area (Å²) in [7, 11) is 0. The van der Waals surface area contributed by atoms with Crippen LogP contribution in [0, 0.1) is 11.8 Å². The van der Waals surface area contributed by atoms with Gasteiger partial charge in [-0.2, -0.15) is 0 Å². The molecule has 0 unspecified atom stereocenters. The van der Waals surface area contributed by atoms with Crippen molar-refractivity contribution in [3.05, 3.63) is 192 Å². The molecule has 0 aromatic heterocycles. The first-order valence-electron chi connectivity index (χ1n) is 29.2. The summed E-state index contributed by atoms with van der Waals surface area (Å²) in [6, 6.07) is 29.9. The molecule has 2 saturated heterocycles. The van der Waals surface area contributed by atoms with Gasteiger partial charge in [-0.3, -0.25) is 19.4 Å². The normalized spacial score (nSPS) is 21.8. The predicted molar refractivity (Wildman–Crippen MR) is 349 cm³/mol. The number of hydrogen-bond acceptors (Lipinski definition) is 15. The van der Waals surface area contributed by atoms with E-state index in [2.05, 4.69) is 76.3 Å². The Morgan fingerprint density at radius 2 is 0.967 bits per heavy atom. The molecule has 4 fully saturated rings. The molecule has 2 saturated carbocycles. The second kappa shape index (κ2) is 31.2. The number of halogens is 1. The summed E-state index contributed by atoms with van der Waals surface area (Å²) in [6.45, 7) is 28.6. The highest BCUT2D eigenvalue weighted by Gasteiger charge is 2.62. The highest BCUT2D eigenvalue weighted by atomic mass is 35.5. The van der Waals surface area contributed by atoms with Gasteiger partial charge in [-0.1, -0.05) is 138 Å². The lowest BCUT2D eigenvalue weighted by Crippen LogP contribution is -2.53. The molecule has 4 aromatic rings. The second-order valence-corrected chi connectivity index (χ2v) is 23.5. The Morgan fingerprint density at radius 3 is 1.30 bits per heavy atom. The van der Waals surface area contributed by atoms with Gasteiger partial charge in [-0.25, -0.2) is 19.2 Å². The highest BCUT2D eigenvalue weighted by Crippen LogP contribution is 2.46. The van der Waals surface area contributed by atoms with E-state index < -0.39 is 76.6 Å². The molecule has 8 atom stereocenters. The third-order valence-electron chi connectivity index (χ3n) is 14.9. The van der Waals surface area contributed by atoms with E-state index in [4.69, 9.17) is 34.4 Å². The number of esters is 2. The molecule has 480 valence electrons. The Morgan fingerprint density at radius 1 is 0.604 bits per heavy atom. The van der Waals surface area contributed by atoms with Crippen LogP contribution in [0.1, 0.15) is 111 Å². The number of rotatable bonds is 13. The number of aliphatic carboxylic acids is 1. The van der Waals surface area contributed by atoms with Crippen LogP contribution in [0.25, 0.3) is 22.3 Å². The molecule has 0 spiro atoms. The van der Waals surface area contributed by atoms with Crippen LogP contribution in [-0.4, -0.2) is 135 Å². The fourth-order valence-corrected chi connectivity index (χ4v) is 10.5. The number of oxime groups is 2. The van der Waals surface area contributed by atoms with Crippen molar-refractivity contribution in [2.45, 2.75) is 135 Å². The van der Waals surface area contributed by atoms with Gasteiger partial charge in [0.1, 0.15) is 58.0 Å². The van der Waals surface area contributed by atoms with E-state index in [1.165, 1.54) is 9.80 Å². The van der Waals surface area contributed by atoms with Crippen LogP contribution in [0.15, 0.2) is 180 Å². The maximum Gasteiger partial charge on any atom is 0.411 e. The van der Waals surface area contributed by atoms with Crippen molar-refractivity contribution in [1.82, 2.24) is 15.1 Å². The summed E-state index contributed by atoms with van der Waals surface area (Å²) < 4.78 is 21.0. The number of carboxylic acids is 1. The first-order valence-corrected chi connectivity index (χ1v) is 29.2. The number of carboxylic acid groups (broad SMARTS) is 1. The zero-order chi connectivity index (χ0) is 64.8. The van der Waals surface area contributed by atoms with Crippen LogP contribution in [0.3, 0.4) is 0 Å². The number of carbonyl (C=O) groups is 6. The van der Waals surface area contributed by atoms with Crippen molar-refractivity contribution in [3.8, 4) is 22.3 Å². The number of nitrogens with one attached hydrogen (secondary N) is 1. The molecule has 0 radical (unpaired) electrons. The minimum Gasteiger partial charge on any atom is -0.480 e. The van der Waals surface area contributed by atoms with Crippen molar-refractivity contribution in [2.75, 3.05) is 26.3 Å². The number of benzene rings is 4. The van der Waals surface area contributed by atoms with Crippen LogP contribution in [0.2, 0.25) is 0 Å². The highest BCUT2D eigenvalue weighted by molar-refractivity contribution is 6.25. The Bertz CT molecular complexity index is 3570. The van der Waals surface area contributed by atoms with Crippen LogP contribution in [0.4, 0.5) is 9.59 Å². The number of likely N-dealkylation sites (tertiary alicyclic amines) is 2. The number of nitrogens with two attached hydrogens (primary N) is 1. The second-order valence-electron chi connectivity index (χ2n) is 23.5. The van der Waals surface area contributed by atoms with Gasteiger partial charge in [0.2, 0.25) is 5.91 Å². The lowest BCUT2D eigenvalue weighted by molar-refractivity contribution is -0.149. The summed E-state index contributed by atoms with van der Waals surface area (Å²) in [6.07, 6.45) is 2.34. The van der Waals surface area contributed by atoms with Crippen molar-refractivity contribution in [2.24, 2.45) is 27.9 Å². The van der Waals surface area contributed by atoms with Crippen molar-refractivity contribution in [1.29, 1.82) is 0 Å². The number of hydrogen-bond donors (Lipinski definition) is 3. The summed E-state index contributed by atoms with van der Waals surface area (Å²) in [5, 5.41) is 21.3. The lowest BCUT2D eigenvalue weighted by Gasteiger charge is -2.28. The number of carbonyl (C=O) groups excluding carboxylic acids is 5. The fourth-order valence-electron chi connectivity index (χ4n) is 10.5. The standard InChI is InChI=1S/C31H35N3O6.C23H24N2O5.C8H13NO2.C8H4.CH4.ClH/c1-6-19-17-31(19,28(36)38-7-2)32-27(35)25-16-20(18-34(25)29(37)39-30(3,4)5)40-33-26-23-14-10-8-12-21(23)22-13-9-11-15-24(22)26;1-23(2,3)29-22(28)25-13-14(12-19(25)21(26)27)30-24-20-17-10-6-4-8-15(17)16-9-5-7-11-18(16)20;1-3-6-5-8(6,9)7(10)11-4-2;1-3-5-7-8-6-4-2;;/h6,8-15,19-20,25H,1,7,16-18H2,2-5H3,(H,32,35);4-11,14,19H,12-13H2,1-3H3,(H,26,27);3,6H,1,4-5,9H2,2H3;1-2H2;1H4;1H/t19-,20-,25+,31-;14-,19+;6-,8-;;;/m111.../s1. The Labute approximate surface area is 538 Å². The van der Waals surface area contributed by atoms with E-state index in [9.17, 15) is 33.9 Å². The zero-order valence-electron chi connectivity index (χ0n) is 52.0. The molecular weight excluding hydrogens is 1180 g/mol. The first kappa shape index (κ1) is 72.1. The fraction of sp³-hybridized carbons (Fsp3) is 0.380. The summed E-state index contributed by atoms with van der Waals surface area (Å²) in [5.41, 5.74) is 26.4. The van der Waals surface area contributed by atoms with Gasteiger partial charge in [0.05, 0.1) is 26.3 Å². The van der Waals surface area contributed by atoms with E-state index in [1.54, 1.807) is 67.5 Å². The van der Waals surface area contributed by atoms with Gasteiger partial charge >= 0.3 is 30.1 Å².